The van der Waals surface area contributed by atoms with Crippen molar-refractivity contribution in [2.45, 2.75) is 26.8 Å². The SMILES string of the molecule is CCOc1cncc(C(NN)c2cc(C)ccc2C)c1. The van der Waals surface area contributed by atoms with E-state index in [0.717, 1.165) is 16.9 Å². The highest BCUT2D eigenvalue weighted by Crippen LogP contribution is 2.26. The molecule has 106 valence electrons. The molecule has 2 rings (SSSR count). The monoisotopic (exact) mass is 271 g/mol. The van der Waals surface area contributed by atoms with E-state index in [1.54, 1.807) is 6.20 Å². The second-order valence-corrected chi connectivity index (χ2v) is 4.85. The van der Waals surface area contributed by atoms with Crippen molar-refractivity contribution < 1.29 is 4.74 Å². The van der Waals surface area contributed by atoms with Gasteiger partial charge in [-0.2, -0.15) is 0 Å². The largest absolute Gasteiger partial charge is 0.492 e. The van der Waals surface area contributed by atoms with Gasteiger partial charge in [0.1, 0.15) is 5.75 Å². The summed E-state index contributed by atoms with van der Waals surface area (Å²) >= 11 is 0. The van der Waals surface area contributed by atoms with Gasteiger partial charge in [0.05, 0.1) is 18.8 Å². The van der Waals surface area contributed by atoms with Gasteiger partial charge in [-0.1, -0.05) is 23.8 Å². The number of nitrogens with zero attached hydrogens (tertiary/aromatic N) is 1. The highest BCUT2D eigenvalue weighted by Gasteiger charge is 2.16. The Morgan fingerprint density at radius 3 is 2.75 bits per heavy atom. The van der Waals surface area contributed by atoms with Gasteiger partial charge in [-0.05, 0) is 43.5 Å². The molecule has 0 aliphatic heterocycles. The number of aromatic nitrogens is 1. The molecule has 0 spiro atoms. The van der Waals surface area contributed by atoms with Crippen LogP contribution in [-0.2, 0) is 0 Å². The van der Waals surface area contributed by atoms with Gasteiger partial charge >= 0.3 is 0 Å². The summed E-state index contributed by atoms with van der Waals surface area (Å²) < 4.78 is 5.50. The Morgan fingerprint density at radius 1 is 1.25 bits per heavy atom. The zero-order valence-electron chi connectivity index (χ0n) is 12.2. The molecular weight excluding hydrogens is 250 g/mol. The number of hydrogen-bond acceptors (Lipinski definition) is 4. The average molecular weight is 271 g/mol. The molecule has 1 heterocycles. The molecule has 3 N–H and O–H groups in total. The van der Waals surface area contributed by atoms with Crippen LogP contribution >= 0.6 is 0 Å². The Labute approximate surface area is 120 Å². The van der Waals surface area contributed by atoms with Crippen molar-refractivity contribution in [3.05, 3.63) is 58.9 Å². The van der Waals surface area contributed by atoms with E-state index in [-0.39, 0.29) is 6.04 Å². The molecule has 20 heavy (non-hydrogen) atoms. The summed E-state index contributed by atoms with van der Waals surface area (Å²) in [5.41, 5.74) is 7.43. The van der Waals surface area contributed by atoms with E-state index in [4.69, 9.17) is 10.6 Å². The van der Waals surface area contributed by atoms with Crippen LogP contribution in [0.2, 0.25) is 0 Å². The number of hydrazine groups is 1. The lowest BCUT2D eigenvalue weighted by Crippen LogP contribution is -2.29. The molecule has 0 aliphatic rings. The Bertz CT molecular complexity index is 584. The molecule has 1 atom stereocenters. The van der Waals surface area contributed by atoms with Gasteiger partial charge in [0, 0.05) is 6.20 Å². The fraction of sp³-hybridized carbons (Fsp3) is 0.312. The molecule has 0 amide bonds. The lowest BCUT2D eigenvalue weighted by molar-refractivity contribution is 0.338. The molecule has 4 heteroatoms. The smallest absolute Gasteiger partial charge is 0.137 e. The van der Waals surface area contributed by atoms with Crippen LogP contribution in [-0.4, -0.2) is 11.6 Å². The third-order valence-corrected chi connectivity index (χ3v) is 3.29. The predicted molar refractivity (Wildman–Crippen MR) is 80.5 cm³/mol. The minimum Gasteiger partial charge on any atom is -0.492 e. The Kier molecular flexibility index (Phi) is 4.71. The third kappa shape index (κ3) is 3.15. The van der Waals surface area contributed by atoms with Crippen LogP contribution in [0.4, 0.5) is 0 Å². The van der Waals surface area contributed by atoms with Crippen molar-refractivity contribution in [3.8, 4) is 5.75 Å². The summed E-state index contributed by atoms with van der Waals surface area (Å²) in [4.78, 5) is 4.23. The van der Waals surface area contributed by atoms with Crippen molar-refractivity contribution in [3.63, 3.8) is 0 Å². The van der Waals surface area contributed by atoms with Crippen LogP contribution in [0.25, 0.3) is 0 Å². The fourth-order valence-corrected chi connectivity index (χ4v) is 2.28. The first-order chi connectivity index (χ1) is 9.65. The molecular formula is C16H21N3O. The van der Waals surface area contributed by atoms with Crippen LogP contribution in [0, 0.1) is 13.8 Å². The number of nitrogens with two attached hydrogens (primary N) is 1. The van der Waals surface area contributed by atoms with Crippen molar-refractivity contribution >= 4 is 0 Å². The molecule has 0 bridgehead atoms. The number of aryl methyl sites for hydroxylation is 2. The van der Waals surface area contributed by atoms with Crippen LogP contribution in [0.15, 0.2) is 36.7 Å². The van der Waals surface area contributed by atoms with Gasteiger partial charge in [0.15, 0.2) is 0 Å². The summed E-state index contributed by atoms with van der Waals surface area (Å²) in [5.74, 6) is 6.52. The van der Waals surface area contributed by atoms with E-state index in [1.165, 1.54) is 11.1 Å². The van der Waals surface area contributed by atoms with Gasteiger partial charge in [-0.25, -0.2) is 5.43 Å². The van der Waals surface area contributed by atoms with E-state index < -0.39 is 0 Å². The number of pyridine rings is 1. The Hall–Kier alpha value is -1.91. The van der Waals surface area contributed by atoms with Crippen LogP contribution < -0.4 is 16.0 Å². The third-order valence-electron chi connectivity index (χ3n) is 3.29. The summed E-state index contributed by atoms with van der Waals surface area (Å²) in [6.07, 6.45) is 3.53. The number of rotatable bonds is 5. The lowest BCUT2D eigenvalue weighted by Gasteiger charge is -2.20. The van der Waals surface area contributed by atoms with Crippen LogP contribution in [0.3, 0.4) is 0 Å². The van der Waals surface area contributed by atoms with Gasteiger partial charge in [-0.15, -0.1) is 0 Å². The normalized spacial score (nSPS) is 12.2. The lowest BCUT2D eigenvalue weighted by atomic mass is 9.95. The first kappa shape index (κ1) is 14.5. The molecule has 0 fully saturated rings. The van der Waals surface area contributed by atoms with Crippen molar-refractivity contribution in [1.82, 2.24) is 10.4 Å². The standard InChI is InChI=1S/C16H21N3O/c1-4-20-14-8-13(9-18-10-14)16(19-17)15-7-11(2)5-6-12(15)3/h5-10,16,19H,4,17H2,1-3H3. The van der Waals surface area contributed by atoms with Crippen LogP contribution in [0.5, 0.6) is 5.75 Å². The van der Waals surface area contributed by atoms with Gasteiger partial charge in [-0.3, -0.25) is 10.8 Å². The molecule has 0 aliphatic carbocycles. The summed E-state index contributed by atoms with van der Waals surface area (Å²) in [6.45, 7) is 6.73. The molecule has 2 aromatic rings. The maximum atomic E-state index is 5.76. The van der Waals surface area contributed by atoms with E-state index in [2.05, 4.69) is 42.5 Å². The number of hydrogen-bond donors (Lipinski definition) is 2. The quantitative estimate of drug-likeness (QED) is 0.648. The number of nitrogens with one attached hydrogen (secondary N) is 1. The van der Waals surface area contributed by atoms with E-state index in [1.807, 2.05) is 19.2 Å². The zero-order valence-corrected chi connectivity index (χ0v) is 12.2. The predicted octanol–water partition coefficient (Wildman–Crippen LogP) is 2.65. The minimum absolute atomic E-state index is 0.0946. The molecule has 1 aromatic heterocycles. The second-order valence-electron chi connectivity index (χ2n) is 4.85. The van der Waals surface area contributed by atoms with Crippen LogP contribution in [0.1, 0.15) is 35.2 Å². The maximum absolute atomic E-state index is 5.76. The summed E-state index contributed by atoms with van der Waals surface area (Å²) in [5, 5.41) is 0. The molecule has 0 saturated heterocycles. The summed E-state index contributed by atoms with van der Waals surface area (Å²) in [6, 6.07) is 8.23. The van der Waals surface area contributed by atoms with E-state index in [0.29, 0.717) is 6.61 Å². The van der Waals surface area contributed by atoms with Crippen molar-refractivity contribution in [2.75, 3.05) is 6.61 Å². The Balaban J connectivity index is 2.41. The second kappa shape index (κ2) is 6.50. The van der Waals surface area contributed by atoms with Crippen molar-refractivity contribution in [2.24, 2.45) is 5.84 Å². The summed E-state index contributed by atoms with van der Waals surface area (Å²) in [7, 11) is 0. The highest BCUT2D eigenvalue weighted by atomic mass is 16.5. The fourth-order valence-electron chi connectivity index (χ4n) is 2.28. The van der Waals surface area contributed by atoms with Crippen molar-refractivity contribution in [1.29, 1.82) is 0 Å². The highest BCUT2D eigenvalue weighted by molar-refractivity contribution is 5.40. The molecule has 4 nitrogen and oxygen atoms in total. The minimum atomic E-state index is -0.0946. The topological polar surface area (TPSA) is 60.2 Å². The molecule has 0 saturated carbocycles. The van der Waals surface area contributed by atoms with E-state index in [9.17, 15) is 0 Å². The molecule has 1 aromatic carbocycles. The van der Waals surface area contributed by atoms with Gasteiger partial charge in [0.25, 0.3) is 0 Å². The van der Waals surface area contributed by atoms with Gasteiger partial charge < -0.3 is 4.74 Å². The number of benzene rings is 1. The number of ether oxygens (including phenoxy) is 1. The maximum Gasteiger partial charge on any atom is 0.137 e. The Morgan fingerprint density at radius 2 is 2.05 bits per heavy atom. The molecule has 1 unspecified atom stereocenters. The first-order valence-electron chi connectivity index (χ1n) is 6.76. The van der Waals surface area contributed by atoms with Gasteiger partial charge in [0.2, 0.25) is 0 Å². The zero-order chi connectivity index (χ0) is 14.5. The molecule has 0 radical (unpaired) electrons. The van der Waals surface area contributed by atoms with E-state index >= 15 is 0 Å². The first-order valence-corrected chi connectivity index (χ1v) is 6.76. The average Bonchev–Trinajstić information content (AvgIpc) is 2.44.